The summed E-state index contributed by atoms with van der Waals surface area (Å²) in [6, 6.07) is 3.07. The van der Waals surface area contributed by atoms with Crippen molar-refractivity contribution >= 4 is 16.9 Å². The number of fused-ring (bicyclic) bond motifs is 1. The van der Waals surface area contributed by atoms with Gasteiger partial charge in [-0.05, 0) is 56.9 Å². The highest BCUT2D eigenvalue weighted by atomic mass is 16.2. The first kappa shape index (κ1) is 19.3. The second-order valence-electron chi connectivity index (χ2n) is 7.41. The molecule has 0 radical (unpaired) electrons. The van der Waals surface area contributed by atoms with E-state index in [0.717, 1.165) is 36.5 Å². The fourth-order valence-corrected chi connectivity index (χ4v) is 3.46. The van der Waals surface area contributed by atoms with Crippen LogP contribution in [-0.4, -0.2) is 51.1 Å². The Morgan fingerprint density at radius 1 is 1.19 bits per heavy atom. The molecule has 0 atom stereocenters. The van der Waals surface area contributed by atoms with Crippen LogP contribution in [0.15, 0.2) is 21.7 Å². The summed E-state index contributed by atoms with van der Waals surface area (Å²) in [7, 11) is 2.96. The SMILES string of the molecule is CC1CCN(CCCNC(=O)c2ccc3c(=O)n(C)c(=O)n(C)c3n2)CC1. The van der Waals surface area contributed by atoms with Crippen molar-refractivity contribution in [2.45, 2.75) is 26.2 Å². The van der Waals surface area contributed by atoms with Crippen molar-refractivity contribution in [1.29, 1.82) is 0 Å². The molecule has 3 heterocycles. The molecule has 1 fully saturated rings. The molecular weight excluding hydrogens is 346 g/mol. The summed E-state index contributed by atoms with van der Waals surface area (Å²) in [6.07, 6.45) is 3.36. The van der Waals surface area contributed by atoms with Gasteiger partial charge in [0.25, 0.3) is 11.5 Å². The van der Waals surface area contributed by atoms with E-state index in [1.54, 1.807) is 6.07 Å². The van der Waals surface area contributed by atoms with Gasteiger partial charge in [-0.2, -0.15) is 0 Å². The molecule has 2 aromatic heterocycles. The minimum atomic E-state index is -0.464. The van der Waals surface area contributed by atoms with Crippen molar-refractivity contribution < 1.29 is 4.79 Å². The zero-order valence-electron chi connectivity index (χ0n) is 16.2. The Balaban J connectivity index is 1.62. The number of piperidine rings is 1. The third-order valence-corrected chi connectivity index (χ3v) is 5.35. The Morgan fingerprint density at radius 2 is 1.89 bits per heavy atom. The first-order valence-corrected chi connectivity index (χ1v) is 9.46. The first-order valence-electron chi connectivity index (χ1n) is 9.46. The lowest BCUT2D eigenvalue weighted by atomic mass is 9.99. The highest BCUT2D eigenvalue weighted by Crippen LogP contribution is 2.15. The molecule has 1 saturated heterocycles. The third kappa shape index (κ3) is 4.10. The van der Waals surface area contributed by atoms with Crippen LogP contribution in [0.4, 0.5) is 0 Å². The van der Waals surface area contributed by atoms with E-state index in [2.05, 4.69) is 22.1 Å². The molecule has 1 aliphatic rings. The molecule has 1 amide bonds. The summed E-state index contributed by atoms with van der Waals surface area (Å²) in [6.45, 7) is 6.09. The summed E-state index contributed by atoms with van der Waals surface area (Å²) < 4.78 is 2.32. The van der Waals surface area contributed by atoms with Crippen LogP contribution >= 0.6 is 0 Å². The number of pyridine rings is 1. The Kier molecular flexibility index (Phi) is 5.74. The van der Waals surface area contributed by atoms with Gasteiger partial charge in [0.2, 0.25) is 0 Å². The molecule has 8 heteroatoms. The number of aromatic nitrogens is 3. The highest BCUT2D eigenvalue weighted by Gasteiger charge is 2.16. The van der Waals surface area contributed by atoms with Crippen molar-refractivity contribution in [2.75, 3.05) is 26.2 Å². The minimum Gasteiger partial charge on any atom is -0.351 e. The smallest absolute Gasteiger partial charge is 0.332 e. The average Bonchev–Trinajstić information content (AvgIpc) is 2.68. The van der Waals surface area contributed by atoms with E-state index in [9.17, 15) is 14.4 Å². The molecule has 0 spiro atoms. The summed E-state index contributed by atoms with van der Waals surface area (Å²) >= 11 is 0. The molecule has 0 saturated carbocycles. The normalized spacial score (nSPS) is 16.0. The lowest BCUT2D eigenvalue weighted by Crippen LogP contribution is -2.37. The monoisotopic (exact) mass is 373 g/mol. The molecule has 3 rings (SSSR count). The van der Waals surface area contributed by atoms with E-state index in [1.165, 1.54) is 37.6 Å². The van der Waals surface area contributed by atoms with Crippen molar-refractivity contribution in [3.8, 4) is 0 Å². The van der Waals surface area contributed by atoms with Gasteiger partial charge in [0.1, 0.15) is 11.3 Å². The van der Waals surface area contributed by atoms with Crippen LogP contribution in [0.3, 0.4) is 0 Å². The molecule has 2 aromatic rings. The van der Waals surface area contributed by atoms with Gasteiger partial charge in [-0.25, -0.2) is 9.78 Å². The van der Waals surface area contributed by atoms with Crippen LogP contribution in [-0.2, 0) is 14.1 Å². The van der Waals surface area contributed by atoms with Gasteiger partial charge in [-0.3, -0.25) is 18.7 Å². The number of carbonyl (C=O) groups excluding carboxylic acids is 1. The molecule has 8 nitrogen and oxygen atoms in total. The van der Waals surface area contributed by atoms with E-state index >= 15 is 0 Å². The molecule has 1 N–H and O–H groups in total. The van der Waals surface area contributed by atoms with Crippen LogP contribution in [0.1, 0.15) is 36.7 Å². The zero-order valence-corrected chi connectivity index (χ0v) is 16.2. The third-order valence-electron chi connectivity index (χ3n) is 5.35. The summed E-state index contributed by atoms with van der Waals surface area (Å²) in [5.41, 5.74) is -0.451. The van der Waals surface area contributed by atoms with Crippen molar-refractivity contribution in [3.63, 3.8) is 0 Å². The predicted molar refractivity (Wildman–Crippen MR) is 104 cm³/mol. The molecule has 0 bridgehead atoms. The molecule has 1 aliphatic heterocycles. The average molecular weight is 373 g/mol. The number of hydrogen-bond donors (Lipinski definition) is 1. The number of aryl methyl sites for hydroxylation is 1. The Labute approximate surface area is 157 Å². The van der Waals surface area contributed by atoms with Crippen molar-refractivity contribution in [2.24, 2.45) is 20.0 Å². The minimum absolute atomic E-state index is 0.206. The fourth-order valence-electron chi connectivity index (χ4n) is 3.46. The lowest BCUT2D eigenvalue weighted by Gasteiger charge is -2.30. The number of rotatable bonds is 5. The van der Waals surface area contributed by atoms with Crippen LogP contribution in [0.2, 0.25) is 0 Å². The molecule has 0 aromatic carbocycles. The number of hydrogen-bond acceptors (Lipinski definition) is 5. The van der Waals surface area contributed by atoms with Crippen molar-refractivity contribution in [1.82, 2.24) is 24.3 Å². The van der Waals surface area contributed by atoms with E-state index in [4.69, 9.17) is 0 Å². The van der Waals surface area contributed by atoms with Crippen LogP contribution in [0.5, 0.6) is 0 Å². The van der Waals surface area contributed by atoms with E-state index in [0.29, 0.717) is 11.9 Å². The predicted octanol–water partition coefficient (Wildman–Crippen LogP) is 0.484. The van der Waals surface area contributed by atoms with Gasteiger partial charge in [0, 0.05) is 20.6 Å². The van der Waals surface area contributed by atoms with Gasteiger partial charge in [-0.1, -0.05) is 6.92 Å². The number of nitrogens with zero attached hydrogens (tertiary/aromatic N) is 4. The largest absolute Gasteiger partial charge is 0.351 e. The van der Waals surface area contributed by atoms with Gasteiger partial charge >= 0.3 is 5.69 Å². The maximum absolute atomic E-state index is 12.4. The molecular formula is C19H27N5O3. The molecule has 0 aliphatic carbocycles. The Hall–Kier alpha value is -2.48. The van der Waals surface area contributed by atoms with Gasteiger partial charge in [0.05, 0.1) is 5.39 Å². The second kappa shape index (κ2) is 8.04. The van der Waals surface area contributed by atoms with E-state index < -0.39 is 11.2 Å². The number of amides is 1. The van der Waals surface area contributed by atoms with Gasteiger partial charge < -0.3 is 10.2 Å². The Morgan fingerprint density at radius 3 is 2.59 bits per heavy atom. The lowest BCUT2D eigenvalue weighted by molar-refractivity contribution is 0.0946. The van der Waals surface area contributed by atoms with E-state index in [-0.39, 0.29) is 17.2 Å². The van der Waals surface area contributed by atoms with Crippen LogP contribution in [0, 0.1) is 5.92 Å². The quantitative estimate of drug-likeness (QED) is 0.771. The van der Waals surface area contributed by atoms with Gasteiger partial charge in [-0.15, -0.1) is 0 Å². The van der Waals surface area contributed by atoms with Gasteiger partial charge in [0.15, 0.2) is 0 Å². The Bertz CT molecular complexity index is 954. The maximum atomic E-state index is 12.4. The summed E-state index contributed by atoms with van der Waals surface area (Å²) in [4.78, 5) is 43.3. The summed E-state index contributed by atoms with van der Waals surface area (Å²) in [5, 5.41) is 3.19. The standard InChI is InChI=1S/C19H27N5O3/c1-13-7-11-24(12-8-13)10-4-9-20-17(25)15-6-5-14-16(21-15)22(2)19(27)23(3)18(14)26/h5-6,13H,4,7-12H2,1-3H3,(H,20,25). The second-order valence-corrected chi connectivity index (χ2v) is 7.41. The fraction of sp³-hybridized carbons (Fsp3) is 0.579. The molecule has 0 unspecified atom stereocenters. The zero-order chi connectivity index (χ0) is 19.6. The maximum Gasteiger partial charge on any atom is 0.332 e. The van der Waals surface area contributed by atoms with E-state index in [1.807, 2.05) is 0 Å². The highest BCUT2D eigenvalue weighted by molar-refractivity contribution is 5.94. The number of carbonyl (C=O) groups is 1. The topological polar surface area (TPSA) is 89.2 Å². The van der Waals surface area contributed by atoms with Crippen LogP contribution in [0.25, 0.3) is 11.0 Å². The molecule has 146 valence electrons. The van der Waals surface area contributed by atoms with Crippen LogP contribution < -0.4 is 16.6 Å². The first-order chi connectivity index (χ1) is 12.9. The number of likely N-dealkylation sites (tertiary alicyclic amines) is 1. The molecule has 27 heavy (non-hydrogen) atoms. The number of nitrogens with one attached hydrogen (secondary N) is 1. The summed E-state index contributed by atoms with van der Waals surface area (Å²) in [5.74, 6) is 0.519. The van der Waals surface area contributed by atoms with Crippen molar-refractivity contribution in [3.05, 3.63) is 38.7 Å².